The van der Waals surface area contributed by atoms with Gasteiger partial charge in [-0.15, -0.1) is 0 Å². The molecule has 0 heterocycles. The van der Waals surface area contributed by atoms with Gasteiger partial charge in [0, 0.05) is 5.33 Å². The second-order valence-corrected chi connectivity index (χ2v) is 4.91. The summed E-state index contributed by atoms with van der Waals surface area (Å²) in [6, 6.07) is 17.1. The minimum Gasteiger partial charge on any atom is -0.457 e. The molecule has 0 spiro atoms. The van der Waals surface area contributed by atoms with Crippen LogP contribution >= 0.6 is 15.9 Å². The zero-order valence-electron chi connectivity index (χ0n) is 10.1. The Balaban J connectivity index is 2.14. The van der Waals surface area contributed by atoms with Gasteiger partial charge in [0.25, 0.3) is 0 Å². The lowest BCUT2D eigenvalue weighted by atomic mass is 9.98. The molecule has 0 fully saturated rings. The van der Waals surface area contributed by atoms with Gasteiger partial charge in [0.15, 0.2) is 0 Å². The van der Waals surface area contributed by atoms with Crippen molar-refractivity contribution in [1.29, 1.82) is 0 Å². The van der Waals surface area contributed by atoms with Crippen molar-refractivity contribution in [2.24, 2.45) is 0 Å². The van der Waals surface area contributed by atoms with Crippen molar-refractivity contribution in [1.82, 2.24) is 0 Å². The summed E-state index contributed by atoms with van der Waals surface area (Å²) in [6.07, 6.45) is 0. The van der Waals surface area contributed by atoms with Crippen molar-refractivity contribution in [2.45, 2.75) is 12.5 Å². The first-order valence-corrected chi connectivity index (χ1v) is 6.86. The van der Waals surface area contributed by atoms with E-state index in [4.69, 9.17) is 4.74 Å². The Kier molecular flexibility index (Phi) is 4.04. The standard InChI is InChI=1S/C15H15BrO2/c1-15(17,11-16)12-7-9-14(10-8-12)18-13-5-3-2-4-6-13/h2-10,17H,11H2,1H3. The van der Waals surface area contributed by atoms with Gasteiger partial charge in [-0.05, 0) is 36.8 Å². The third kappa shape index (κ3) is 3.12. The largest absolute Gasteiger partial charge is 0.457 e. The molecule has 0 aliphatic rings. The molecule has 0 aliphatic heterocycles. The number of hydrogen-bond acceptors (Lipinski definition) is 2. The molecule has 0 saturated carbocycles. The first kappa shape index (κ1) is 13.1. The van der Waals surface area contributed by atoms with E-state index in [2.05, 4.69) is 15.9 Å². The summed E-state index contributed by atoms with van der Waals surface area (Å²) < 4.78 is 5.69. The van der Waals surface area contributed by atoms with Crippen molar-refractivity contribution in [3.63, 3.8) is 0 Å². The molecule has 94 valence electrons. The Morgan fingerprint density at radius 2 is 1.56 bits per heavy atom. The highest BCUT2D eigenvalue weighted by atomic mass is 79.9. The SMILES string of the molecule is CC(O)(CBr)c1ccc(Oc2ccccc2)cc1. The summed E-state index contributed by atoms with van der Waals surface area (Å²) in [4.78, 5) is 0. The van der Waals surface area contributed by atoms with E-state index in [0.29, 0.717) is 5.33 Å². The molecule has 2 aromatic rings. The van der Waals surface area contributed by atoms with Crippen molar-refractivity contribution in [2.75, 3.05) is 5.33 Å². The van der Waals surface area contributed by atoms with Gasteiger partial charge in [-0.3, -0.25) is 0 Å². The maximum absolute atomic E-state index is 10.1. The Bertz CT molecular complexity index is 492. The number of para-hydroxylation sites is 1. The lowest BCUT2D eigenvalue weighted by Gasteiger charge is -2.21. The highest BCUT2D eigenvalue weighted by molar-refractivity contribution is 9.09. The van der Waals surface area contributed by atoms with Crippen LogP contribution in [0.2, 0.25) is 0 Å². The van der Waals surface area contributed by atoms with Crippen LogP contribution in [0, 0.1) is 0 Å². The molecule has 1 unspecified atom stereocenters. The smallest absolute Gasteiger partial charge is 0.127 e. The minimum atomic E-state index is -0.856. The van der Waals surface area contributed by atoms with Crippen LogP contribution in [0.15, 0.2) is 54.6 Å². The molecule has 0 bridgehead atoms. The number of benzene rings is 2. The first-order chi connectivity index (χ1) is 8.62. The predicted octanol–water partition coefficient (Wildman–Crippen LogP) is 4.08. The van der Waals surface area contributed by atoms with E-state index >= 15 is 0 Å². The summed E-state index contributed by atoms with van der Waals surface area (Å²) in [6.45, 7) is 1.77. The fourth-order valence-electron chi connectivity index (χ4n) is 1.58. The molecule has 0 aromatic heterocycles. The Labute approximate surface area is 115 Å². The molecule has 0 amide bonds. The molecule has 2 aromatic carbocycles. The van der Waals surface area contributed by atoms with Crippen molar-refractivity contribution < 1.29 is 9.84 Å². The van der Waals surface area contributed by atoms with Gasteiger partial charge in [0.1, 0.15) is 11.5 Å². The monoisotopic (exact) mass is 306 g/mol. The maximum atomic E-state index is 10.1. The molecule has 0 aliphatic carbocycles. The van der Waals surface area contributed by atoms with Crippen molar-refractivity contribution >= 4 is 15.9 Å². The summed E-state index contributed by atoms with van der Waals surface area (Å²) >= 11 is 3.30. The van der Waals surface area contributed by atoms with Crippen molar-refractivity contribution in [3.05, 3.63) is 60.2 Å². The normalized spacial score (nSPS) is 13.9. The third-order valence-electron chi connectivity index (χ3n) is 2.72. The van der Waals surface area contributed by atoms with E-state index in [9.17, 15) is 5.11 Å². The van der Waals surface area contributed by atoms with Gasteiger partial charge in [-0.2, -0.15) is 0 Å². The van der Waals surface area contributed by atoms with Crippen LogP contribution in [0.4, 0.5) is 0 Å². The van der Waals surface area contributed by atoms with Crippen LogP contribution in [0.25, 0.3) is 0 Å². The first-order valence-electron chi connectivity index (χ1n) is 5.73. The van der Waals surface area contributed by atoms with Gasteiger partial charge in [0.2, 0.25) is 0 Å². The van der Waals surface area contributed by atoms with Crippen LogP contribution in [-0.2, 0) is 5.60 Å². The number of ether oxygens (including phenoxy) is 1. The Morgan fingerprint density at radius 1 is 1.00 bits per heavy atom. The molecule has 1 atom stereocenters. The zero-order valence-corrected chi connectivity index (χ0v) is 11.7. The second kappa shape index (κ2) is 5.55. The molecule has 0 saturated heterocycles. The number of rotatable bonds is 4. The van der Waals surface area contributed by atoms with E-state index < -0.39 is 5.60 Å². The summed E-state index contributed by atoms with van der Waals surface area (Å²) in [7, 11) is 0. The molecular weight excluding hydrogens is 292 g/mol. The van der Waals surface area contributed by atoms with Gasteiger partial charge < -0.3 is 9.84 Å². The van der Waals surface area contributed by atoms with E-state index in [-0.39, 0.29) is 0 Å². The summed E-state index contributed by atoms with van der Waals surface area (Å²) in [5.41, 5.74) is 0.00504. The van der Waals surface area contributed by atoms with Crippen LogP contribution < -0.4 is 4.74 Å². The zero-order chi connectivity index (χ0) is 13.0. The lowest BCUT2D eigenvalue weighted by Crippen LogP contribution is -2.22. The highest BCUT2D eigenvalue weighted by Crippen LogP contribution is 2.27. The number of hydrogen-bond donors (Lipinski definition) is 1. The quantitative estimate of drug-likeness (QED) is 0.862. The highest BCUT2D eigenvalue weighted by Gasteiger charge is 2.20. The average Bonchev–Trinajstić information content (AvgIpc) is 2.40. The van der Waals surface area contributed by atoms with Crippen LogP contribution in [0.1, 0.15) is 12.5 Å². The van der Waals surface area contributed by atoms with Gasteiger partial charge in [0.05, 0.1) is 5.60 Å². The topological polar surface area (TPSA) is 29.5 Å². The van der Waals surface area contributed by atoms with Gasteiger partial charge in [-0.25, -0.2) is 0 Å². The Hall–Kier alpha value is -1.32. The number of aliphatic hydroxyl groups is 1. The average molecular weight is 307 g/mol. The van der Waals surface area contributed by atoms with E-state index in [1.54, 1.807) is 6.92 Å². The van der Waals surface area contributed by atoms with Gasteiger partial charge in [-0.1, -0.05) is 46.3 Å². The lowest BCUT2D eigenvalue weighted by molar-refractivity contribution is 0.0853. The molecule has 1 N–H and O–H groups in total. The molecule has 3 heteroatoms. The van der Waals surface area contributed by atoms with Crippen LogP contribution in [-0.4, -0.2) is 10.4 Å². The van der Waals surface area contributed by atoms with Gasteiger partial charge >= 0.3 is 0 Å². The number of halogens is 1. The molecule has 18 heavy (non-hydrogen) atoms. The molecule has 2 nitrogen and oxygen atoms in total. The fraction of sp³-hybridized carbons (Fsp3) is 0.200. The molecular formula is C15H15BrO2. The third-order valence-corrected chi connectivity index (χ3v) is 3.81. The molecule has 0 radical (unpaired) electrons. The Morgan fingerprint density at radius 3 is 2.11 bits per heavy atom. The van der Waals surface area contributed by atoms with E-state index in [1.165, 1.54) is 0 Å². The summed E-state index contributed by atoms with van der Waals surface area (Å²) in [5.74, 6) is 1.56. The molecule has 2 rings (SSSR count). The van der Waals surface area contributed by atoms with Crippen molar-refractivity contribution in [3.8, 4) is 11.5 Å². The predicted molar refractivity (Wildman–Crippen MR) is 76.3 cm³/mol. The van der Waals surface area contributed by atoms with Crippen LogP contribution in [0.3, 0.4) is 0 Å². The fourth-order valence-corrected chi connectivity index (χ4v) is 1.91. The minimum absolute atomic E-state index is 0.499. The van der Waals surface area contributed by atoms with E-state index in [1.807, 2.05) is 54.6 Å². The van der Waals surface area contributed by atoms with Crippen LogP contribution in [0.5, 0.6) is 11.5 Å². The van der Waals surface area contributed by atoms with E-state index in [0.717, 1.165) is 17.1 Å². The second-order valence-electron chi connectivity index (χ2n) is 4.35. The summed E-state index contributed by atoms with van der Waals surface area (Å²) in [5, 5.41) is 10.6. The maximum Gasteiger partial charge on any atom is 0.127 e. The number of alkyl halides is 1.